The monoisotopic (exact) mass is 483 g/mol. The molecule has 4 rings (SSSR count). The lowest BCUT2D eigenvalue weighted by Crippen LogP contribution is -2.37. The van der Waals surface area contributed by atoms with Crippen molar-refractivity contribution < 1.29 is 4.79 Å². The Hall–Kier alpha value is -3.16. The molecule has 1 unspecified atom stereocenters. The molecule has 7 nitrogen and oxygen atoms in total. The Morgan fingerprint density at radius 3 is 2.12 bits per heavy atom. The fourth-order valence-corrected chi connectivity index (χ4v) is 4.07. The molecule has 0 saturated heterocycles. The summed E-state index contributed by atoms with van der Waals surface area (Å²) in [4.78, 5) is 25.9. The standard InChI is InChI=1S/C24H23Cl2N5O2/c1-14(2)12-20(23(32)27-3)30-24(33)31-22(29-30)21(16-6-10-18(26)11-7-16)19(13-28-31)15-4-8-17(25)9-5-15/h4-11,13-14,20H,12H2,1-3H3,(H,27,32). The van der Waals surface area contributed by atoms with Crippen LogP contribution < -0.4 is 11.0 Å². The van der Waals surface area contributed by atoms with Gasteiger partial charge < -0.3 is 5.32 Å². The summed E-state index contributed by atoms with van der Waals surface area (Å²) in [5.74, 6) is -0.0995. The lowest BCUT2D eigenvalue weighted by molar-refractivity contribution is -0.124. The molecule has 1 amide bonds. The van der Waals surface area contributed by atoms with Gasteiger partial charge in [-0.2, -0.15) is 14.3 Å². The van der Waals surface area contributed by atoms with Gasteiger partial charge in [-0.3, -0.25) is 4.79 Å². The molecule has 170 valence electrons. The first-order chi connectivity index (χ1) is 15.8. The molecular formula is C24H23Cl2N5O2. The van der Waals surface area contributed by atoms with E-state index in [0.29, 0.717) is 27.7 Å². The van der Waals surface area contributed by atoms with E-state index in [0.717, 1.165) is 16.7 Å². The summed E-state index contributed by atoms with van der Waals surface area (Å²) >= 11 is 12.2. The summed E-state index contributed by atoms with van der Waals surface area (Å²) < 4.78 is 2.46. The minimum Gasteiger partial charge on any atom is -0.357 e. The van der Waals surface area contributed by atoms with Crippen LogP contribution in [0, 0.1) is 5.92 Å². The van der Waals surface area contributed by atoms with Crippen LogP contribution in [0.5, 0.6) is 0 Å². The number of carbonyl (C=O) groups is 1. The smallest absolute Gasteiger partial charge is 0.357 e. The molecule has 0 fully saturated rings. The molecule has 33 heavy (non-hydrogen) atoms. The number of hydrogen-bond donors (Lipinski definition) is 1. The first kappa shape index (κ1) is 23.0. The summed E-state index contributed by atoms with van der Waals surface area (Å²) in [6.45, 7) is 3.99. The number of likely N-dealkylation sites (N-methyl/N-ethyl adjacent to an activating group) is 1. The SMILES string of the molecule is CNC(=O)C(CC(C)C)n1nc2c(-c3ccc(Cl)cc3)c(-c3ccc(Cl)cc3)cnn2c1=O. The maximum atomic E-state index is 13.3. The third-order valence-electron chi connectivity index (χ3n) is 5.40. The van der Waals surface area contributed by atoms with Crippen LogP contribution in [0.2, 0.25) is 10.0 Å². The van der Waals surface area contributed by atoms with Gasteiger partial charge in [0.05, 0.1) is 6.20 Å². The van der Waals surface area contributed by atoms with E-state index in [1.165, 1.54) is 9.20 Å². The molecule has 0 radical (unpaired) electrons. The van der Waals surface area contributed by atoms with Crippen LogP contribution in [0.1, 0.15) is 26.3 Å². The highest BCUT2D eigenvalue weighted by molar-refractivity contribution is 6.31. The van der Waals surface area contributed by atoms with Crippen molar-refractivity contribution >= 4 is 34.8 Å². The van der Waals surface area contributed by atoms with Crippen molar-refractivity contribution in [2.24, 2.45) is 5.92 Å². The maximum absolute atomic E-state index is 13.3. The van der Waals surface area contributed by atoms with Crippen molar-refractivity contribution in [2.75, 3.05) is 7.05 Å². The van der Waals surface area contributed by atoms with Crippen LogP contribution in [0.3, 0.4) is 0 Å². The number of rotatable bonds is 6. The lowest BCUT2D eigenvalue weighted by Gasteiger charge is -2.16. The molecule has 0 spiro atoms. The Balaban J connectivity index is 2.02. The molecule has 2 aromatic carbocycles. The summed E-state index contributed by atoms with van der Waals surface area (Å²) in [5.41, 5.74) is 3.05. The van der Waals surface area contributed by atoms with Gasteiger partial charge in [0.2, 0.25) is 5.91 Å². The molecule has 1 N–H and O–H groups in total. The van der Waals surface area contributed by atoms with Crippen LogP contribution in [-0.4, -0.2) is 32.3 Å². The summed E-state index contributed by atoms with van der Waals surface area (Å²) in [7, 11) is 1.55. The number of benzene rings is 2. The van der Waals surface area contributed by atoms with Crippen LogP contribution in [-0.2, 0) is 4.79 Å². The topological polar surface area (TPSA) is 81.3 Å². The molecular weight excluding hydrogens is 461 g/mol. The van der Waals surface area contributed by atoms with Crippen LogP contribution in [0.25, 0.3) is 27.9 Å². The molecule has 9 heteroatoms. The fourth-order valence-electron chi connectivity index (χ4n) is 3.82. The van der Waals surface area contributed by atoms with Crippen molar-refractivity contribution in [3.05, 3.63) is 75.3 Å². The summed E-state index contributed by atoms with van der Waals surface area (Å²) in [6, 6.07) is 13.9. The molecule has 0 aliphatic rings. The number of carbonyl (C=O) groups excluding carboxylic acids is 1. The van der Waals surface area contributed by atoms with Gasteiger partial charge in [0, 0.05) is 28.2 Å². The second-order valence-corrected chi connectivity index (χ2v) is 9.04. The number of hydrogen-bond acceptors (Lipinski definition) is 4. The van der Waals surface area contributed by atoms with Gasteiger partial charge in [-0.25, -0.2) is 4.79 Å². The van der Waals surface area contributed by atoms with Crippen molar-refractivity contribution in [3.8, 4) is 22.3 Å². The molecule has 0 bridgehead atoms. The minimum absolute atomic E-state index is 0.178. The first-order valence-corrected chi connectivity index (χ1v) is 11.3. The molecule has 1 atom stereocenters. The Morgan fingerprint density at radius 2 is 1.58 bits per heavy atom. The Bertz CT molecular complexity index is 1360. The highest BCUT2D eigenvalue weighted by atomic mass is 35.5. The summed E-state index contributed by atoms with van der Waals surface area (Å²) in [5, 5.41) is 12.9. The maximum Gasteiger partial charge on any atom is 0.367 e. The summed E-state index contributed by atoms with van der Waals surface area (Å²) in [6.07, 6.45) is 2.09. The van der Waals surface area contributed by atoms with Gasteiger partial charge in [0.1, 0.15) is 6.04 Å². The fraction of sp³-hybridized carbons (Fsp3) is 0.250. The zero-order valence-electron chi connectivity index (χ0n) is 18.4. The average molecular weight is 484 g/mol. The minimum atomic E-state index is -0.749. The first-order valence-electron chi connectivity index (χ1n) is 10.5. The predicted molar refractivity (Wildman–Crippen MR) is 131 cm³/mol. The zero-order chi connectivity index (χ0) is 23.7. The molecule has 2 aromatic heterocycles. The van der Waals surface area contributed by atoms with E-state index < -0.39 is 11.7 Å². The number of nitrogens with zero attached hydrogens (tertiary/aromatic N) is 4. The predicted octanol–water partition coefficient (Wildman–Crippen LogP) is 4.87. The van der Waals surface area contributed by atoms with E-state index in [4.69, 9.17) is 23.2 Å². The van der Waals surface area contributed by atoms with Gasteiger partial charge in [0.15, 0.2) is 5.65 Å². The van der Waals surface area contributed by atoms with Gasteiger partial charge >= 0.3 is 5.69 Å². The Kier molecular flexibility index (Phi) is 6.54. The molecule has 0 aliphatic carbocycles. The van der Waals surface area contributed by atoms with Gasteiger partial charge in [0.25, 0.3) is 0 Å². The van der Waals surface area contributed by atoms with Crippen LogP contribution in [0.4, 0.5) is 0 Å². The van der Waals surface area contributed by atoms with Crippen LogP contribution in [0.15, 0.2) is 59.5 Å². The Labute approximate surface area is 201 Å². The van der Waals surface area contributed by atoms with Crippen LogP contribution >= 0.6 is 23.2 Å². The number of nitrogens with one attached hydrogen (secondary N) is 1. The second kappa shape index (κ2) is 9.37. The molecule has 4 aromatic rings. The van der Waals surface area contributed by atoms with Crippen molar-refractivity contribution in [1.82, 2.24) is 24.7 Å². The van der Waals surface area contributed by atoms with Gasteiger partial charge in [-0.15, -0.1) is 5.10 Å². The largest absolute Gasteiger partial charge is 0.367 e. The highest BCUT2D eigenvalue weighted by Crippen LogP contribution is 2.35. The number of fused-ring (bicyclic) bond motifs is 1. The average Bonchev–Trinajstić information content (AvgIpc) is 3.13. The van der Waals surface area contributed by atoms with E-state index in [1.54, 1.807) is 37.5 Å². The van der Waals surface area contributed by atoms with E-state index in [-0.39, 0.29) is 11.8 Å². The normalized spacial score (nSPS) is 12.3. The molecule has 0 saturated carbocycles. The quantitative estimate of drug-likeness (QED) is 0.424. The molecule has 0 aliphatic heterocycles. The van der Waals surface area contributed by atoms with E-state index in [1.807, 2.05) is 38.1 Å². The van der Waals surface area contributed by atoms with E-state index in [2.05, 4.69) is 15.5 Å². The van der Waals surface area contributed by atoms with Crippen molar-refractivity contribution in [1.29, 1.82) is 0 Å². The Morgan fingerprint density at radius 1 is 1.00 bits per heavy atom. The van der Waals surface area contributed by atoms with Crippen molar-refractivity contribution in [2.45, 2.75) is 26.3 Å². The second-order valence-electron chi connectivity index (χ2n) is 8.17. The number of aromatic nitrogens is 4. The zero-order valence-corrected chi connectivity index (χ0v) is 19.9. The highest BCUT2D eigenvalue weighted by Gasteiger charge is 2.27. The third kappa shape index (κ3) is 4.51. The molecule has 2 heterocycles. The number of amides is 1. The van der Waals surface area contributed by atoms with Gasteiger partial charge in [-0.05, 0) is 47.7 Å². The lowest BCUT2D eigenvalue weighted by atomic mass is 9.97. The van der Waals surface area contributed by atoms with E-state index in [9.17, 15) is 9.59 Å². The van der Waals surface area contributed by atoms with Crippen molar-refractivity contribution in [3.63, 3.8) is 0 Å². The van der Waals surface area contributed by atoms with Gasteiger partial charge in [-0.1, -0.05) is 61.3 Å². The number of halogens is 2. The van der Waals surface area contributed by atoms with E-state index >= 15 is 0 Å². The third-order valence-corrected chi connectivity index (χ3v) is 5.91.